The van der Waals surface area contributed by atoms with Gasteiger partial charge in [0.25, 0.3) is 5.91 Å². The topological polar surface area (TPSA) is 77.2 Å². The van der Waals surface area contributed by atoms with E-state index in [0.717, 1.165) is 45.9 Å². The number of anilines is 1. The third-order valence-corrected chi connectivity index (χ3v) is 6.47. The fourth-order valence-corrected chi connectivity index (χ4v) is 4.51. The van der Waals surface area contributed by atoms with Crippen LogP contribution in [-0.2, 0) is 29.1 Å². The molecule has 0 saturated heterocycles. The maximum absolute atomic E-state index is 12.8. The molecule has 3 aromatic rings. The van der Waals surface area contributed by atoms with Crippen LogP contribution in [0.1, 0.15) is 45.6 Å². The van der Waals surface area contributed by atoms with Crippen molar-refractivity contribution in [3.63, 3.8) is 0 Å². The van der Waals surface area contributed by atoms with Gasteiger partial charge in [0.05, 0.1) is 5.57 Å². The van der Waals surface area contributed by atoms with Crippen molar-refractivity contribution in [1.82, 2.24) is 15.2 Å². The number of aryl methyl sites for hydroxylation is 1. The Kier molecular flexibility index (Phi) is 6.98. The second kappa shape index (κ2) is 10.1. The molecule has 1 aliphatic heterocycles. The monoisotopic (exact) mass is 456 g/mol. The van der Waals surface area contributed by atoms with Crippen molar-refractivity contribution in [3.8, 4) is 0 Å². The summed E-state index contributed by atoms with van der Waals surface area (Å²) in [5.41, 5.74) is 8.92. The summed E-state index contributed by atoms with van der Waals surface area (Å²) in [7, 11) is 3.78. The molecule has 6 heteroatoms. The molecule has 176 valence electrons. The van der Waals surface area contributed by atoms with Crippen LogP contribution in [0.5, 0.6) is 0 Å². The summed E-state index contributed by atoms with van der Waals surface area (Å²) in [6.07, 6.45) is 3.01. The lowest BCUT2D eigenvalue weighted by molar-refractivity contribution is -0.130. The summed E-state index contributed by atoms with van der Waals surface area (Å²) in [5, 5.41) is 6.06. The van der Waals surface area contributed by atoms with Crippen LogP contribution >= 0.6 is 0 Å². The largest absolute Gasteiger partial charge is 0.359 e. The van der Waals surface area contributed by atoms with Crippen molar-refractivity contribution in [3.05, 3.63) is 87.7 Å². The molecule has 0 saturated carbocycles. The van der Waals surface area contributed by atoms with E-state index in [9.17, 15) is 9.59 Å². The van der Waals surface area contributed by atoms with Crippen molar-refractivity contribution >= 4 is 29.2 Å². The highest BCUT2D eigenvalue weighted by atomic mass is 16.2. The number of amides is 2. The van der Waals surface area contributed by atoms with Gasteiger partial charge in [-0.05, 0) is 61.7 Å². The molecule has 3 N–H and O–H groups in total. The van der Waals surface area contributed by atoms with Crippen LogP contribution in [0.3, 0.4) is 0 Å². The molecule has 34 heavy (non-hydrogen) atoms. The van der Waals surface area contributed by atoms with E-state index in [4.69, 9.17) is 0 Å². The van der Waals surface area contributed by atoms with Crippen LogP contribution in [0.25, 0.3) is 11.6 Å². The van der Waals surface area contributed by atoms with Gasteiger partial charge in [-0.25, -0.2) is 0 Å². The van der Waals surface area contributed by atoms with Gasteiger partial charge in [-0.1, -0.05) is 42.5 Å². The Morgan fingerprint density at radius 1 is 1.06 bits per heavy atom. The van der Waals surface area contributed by atoms with Crippen molar-refractivity contribution in [2.45, 2.75) is 39.8 Å². The Labute approximate surface area is 201 Å². The standard InChI is InChI=1S/C28H32N4O2/c1-18-22(13-14-27(33)32(4)17-21-11-9-20(10-12-21)16-29-3)19(2)30-26(18)15-24-23-7-5-6-8-25(23)31-28(24)34/h5-12,15,29-30H,13-14,16-17H2,1-4H3,(H,31,34). The number of rotatable bonds is 8. The predicted molar refractivity (Wildman–Crippen MR) is 137 cm³/mol. The van der Waals surface area contributed by atoms with Gasteiger partial charge in [0, 0.05) is 49.2 Å². The number of nitrogens with one attached hydrogen (secondary N) is 3. The zero-order valence-corrected chi connectivity index (χ0v) is 20.3. The maximum atomic E-state index is 12.8. The fraction of sp³-hybridized carbons (Fsp3) is 0.286. The summed E-state index contributed by atoms with van der Waals surface area (Å²) >= 11 is 0. The molecule has 0 bridgehead atoms. The minimum atomic E-state index is -0.0924. The third-order valence-electron chi connectivity index (χ3n) is 6.47. The molecule has 0 fully saturated rings. The average molecular weight is 457 g/mol. The van der Waals surface area contributed by atoms with Crippen molar-refractivity contribution in [2.24, 2.45) is 0 Å². The fourth-order valence-electron chi connectivity index (χ4n) is 4.51. The SMILES string of the molecule is CNCc1ccc(CN(C)C(=O)CCc2c(C)[nH]c(C=C3C(=O)Nc4ccccc43)c2C)cc1. The molecule has 0 spiro atoms. The smallest absolute Gasteiger partial charge is 0.256 e. The molecule has 0 atom stereocenters. The van der Waals surface area contributed by atoms with Gasteiger partial charge in [0.2, 0.25) is 5.91 Å². The first-order valence-electron chi connectivity index (χ1n) is 11.6. The maximum Gasteiger partial charge on any atom is 0.256 e. The lowest BCUT2D eigenvalue weighted by Gasteiger charge is -2.18. The van der Waals surface area contributed by atoms with Gasteiger partial charge < -0.3 is 20.5 Å². The van der Waals surface area contributed by atoms with E-state index < -0.39 is 0 Å². The quantitative estimate of drug-likeness (QED) is 0.439. The number of hydrogen-bond donors (Lipinski definition) is 3. The summed E-state index contributed by atoms with van der Waals surface area (Å²) in [4.78, 5) is 30.5. The summed E-state index contributed by atoms with van der Waals surface area (Å²) in [6.45, 7) is 5.49. The van der Waals surface area contributed by atoms with Crippen LogP contribution in [0.15, 0.2) is 48.5 Å². The molecular formula is C28H32N4O2. The molecule has 0 unspecified atom stereocenters. The normalized spacial score (nSPS) is 13.8. The van der Waals surface area contributed by atoms with E-state index in [1.54, 1.807) is 4.90 Å². The number of benzene rings is 2. The number of para-hydroxylation sites is 1. The zero-order chi connectivity index (χ0) is 24.2. The Balaban J connectivity index is 1.42. The second-order valence-corrected chi connectivity index (χ2v) is 8.92. The highest BCUT2D eigenvalue weighted by Gasteiger charge is 2.24. The van der Waals surface area contributed by atoms with Crippen LogP contribution in [0, 0.1) is 13.8 Å². The number of hydrogen-bond acceptors (Lipinski definition) is 3. The Morgan fingerprint density at radius 3 is 2.50 bits per heavy atom. The number of aromatic amines is 1. The van der Waals surface area contributed by atoms with E-state index in [-0.39, 0.29) is 11.8 Å². The average Bonchev–Trinajstić information content (AvgIpc) is 3.28. The van der Waals surface area contributed by atoms with Crippen LogP contribution in [0.2, 0.25) is 0 Å². The highest BCUT2D eigenvalue weighted by Crippen LogP contribution is 2.33. The predicted octanol–water partition coefficient (Wildman–Crippen LogP) is 4.43. The minimum Gasteiger partial charge on any atom is -0.359 e. The van der Waals surface area contributed by atoms with Crippen molar-refractivity contribution < 1.29 is 9.59 Å². The molecule has 1 aromatic heterocycles. The highest BCUT2D eigenvalue weighted by molar-refractivity contribution is 6.34. The van der Waals surface area contributed by atoms with E-state index >= 15 is 0 Å². The van der Waals surface area contributed by atoms with E-state index in [1.807, 2.05) is 58.3 Å². The van der Waals surface area contributed by atoms with Crippen molar-refractivity contribution in [1.29, 1.82) is 0 Å². The van der Waals surface area contributed by atoms with E-state index in [2.05, 4.69) is 39.9 Å². The van der Waals surface area contributed by atoms with Crippen LogP contribution in [0.4, 0.5) is 5.69 Å². The molecule has 0 radical (unpaired) electrons. The molecular weight excluding hydrogens is 424 g/mol. The number of nitrogens with zero attached hydrogens (tertiary/aromatic N) is 1. The Morgan fingerprint density at radius 2 is 1.76 bits per heavy atom. The molecule has 6 nitrogen and oxygen atoms in total. The molecule has 2 aromatic carbocycles. The second-order valence-electron chi connectivity index (χ2n) is 8.92. The number of H-pyrrole nitrogens is 1. The van der Waals surface area contributed by atoms with E-state index in [1.165, 1.54) is 5.56 Å². The molecule has 1 aliphatic rings. The van der Waals surface area contributed by atoms with Crippen LogP contribution < -0.4 is 10.6 Å². The number of carbonyl (C=O) groups excluding carboxylic acids is 2. The van der Waals surface area contributed by atoms with Gasteiger partial charge >= 0.3 is 0 Å². The summed E-state index contributed by atoms with van der Waals surface area (Å²) in [5.74, 6) is 0.0218. The van der Waals surface area contributed by atoms with Crippen LogP contribution in [-0.4, -0.2) is 35.8 Å². The first kappa shape index (κ1) is 23.5. The van der Waals surface area contributed by atoms with Gasteiger partial charge in [-0.3, -0.25) is 9.59 Å². The van der Waals surface area contributed by atoms with E-state index in [0.29, 0.717) is 25.0 Å². The van der Waals surface area contributed by atoms with Gasteiger partial charge in [0.1, 0.15) is 0 Å². The summed E-state index contributed by atoms with van der Waals surface area (Å²) < 4.78 is 0. The van der Waals surface area contributed by atoms with Gasteiger partial charge in [0.15, 0.2) is 0 Å². The number of aromatic nitrogens is 1. The first-order chi connectivity index (χ1) is 16.4. The number of carbonyl (C=O) groups is 2. The zero-order valence-electron chi connectivity index (χ0n) is 20.3. The number of fused-ring (bicyclic) bond motifs is 1. The van der Waals surface area contributed by atoms with Gasteiger partial charge in [-0.15, -0.1) is 0 Å². The summed E-state index contributed by atoms with van der Waals surface area (Å²) in [6, 6.07) is 16.0. The molecule has 2 amide bonds. The first-order valence-corrected chi connectivity index (χ1v) is 11.6. The molecule has 0 aliphatic carbocycles. The molecule has 4 rings (SSSR count). The Bertz CT molecular complexity index is 1240. The third kappa shape index (κ3) is 4.97. The lowest BCUT2D eigenvalue weighted by Crippen LogP contribution is -2.26. The molecule has 2 heterocycles. The van der Waals surface area contributed by atoms with Crippen molar-refractivity contribution in [2.75, 3.05) is 19.4 Å². The van der Waals surface area contributed by atoms with Gasteiger partial charge in [-0.2, -0.15) is 0 Å². The lowest BCUT2D eigenvalue weighted by atomic mass is 10.0. The minimum absolute atomic E-state index is 0.0924. The Hall–Kier alpha value is -3.64.